The van der Waals surface area contributed by atoms with E-state index in [4.69, 9.17) is 0 Å². The van der Waals surface area contributed by atoms with Crippen LogP contribution in [0.25, 0.3) is 5.57 Å². The second-order valence-electron chi connectivity index (χ2n) is 7.58. The predicted molar refractivity (Wildman–Crippen MR) is 117 cm³/mol. The molecule has 0 spiro atoms. The Kier molecular flexibility index (Phi) is 4.67. The quantitative estimate of drug-likeness (QED) is 0.628. The molecule has 1 unspecified atom stereocenters. The molecule has 0 aliphatic carbocycles. The summed E-state index contributed by atoms with van der Waals surface area (Å²) < 4.78 is 13.4. The number of anilines is 3. The molecule has 2 N–H and O–H groups in total. The molecule has 6 heteroatoms. The molecule has 0 bridgehead atoms. The Morgan fingerprint density at radius 2 is 2.00 bits per heavy atom. The molecule has 1 amide bonds. The van der Waals surface area contributed by atoms with Crippen LogP contribution in [0.3, 0.4) is 0 Å². The molecule has 5 rings (SSSR count). The van der Waals surface area contributed by atoms with Crippen LogP contribution in [0.4, 0.5) is 21.5 Å². The number of rotatable bonds is 4. The molecule has 1 saturated heterocycles. The predicted octanol–water partition coefficient (Wildman–Crippen LogP) is 4.62. The molecule has 1 aromatic heterocycles. The Labute approximate surface area is 174 Å². The second-order valence-corrected chi connectivity index (χ2v) is 7.58. The van der Waals surface area contributed by atoms with E-state index in [0.29, 0.717) is 22.7 Å². The van der Waals surface area contributed by atoms with Gasteiger partial charge in [0.1, 0.15) is 5.82 Å². The van der Waals surface area contributed by atoms with Gasteiger partial charge in [-0.05, 0) is 61.0 Å². The highest BCUT2D eigenvalue weighted by atomic mass is 19.1. The molecular formula is C24H21FN4O. The lowest BCUT2D eigenvalue weighted by molar-refractivity contribution is -0.110. The van der Waals surface area contributed by atoms with Crippen molar-refractivity contribution in [3.8, 4) is 0 Å². The van der Waals surface area contributed by atoms with E-state index in [1.807, 2.05) is 30.5 Å². The zero-order valence-corrected chi connectivity index (χ0v) is 16.3. The van der Waals surface area contributed by atoms with Gasteiger partial charge < -0.3 is 15.5 Å². The largest absolute Gasteiger partial charge is 0.371 e. The lowest BCUT2D eigenvalue weighted by Crippen LogP contribution is -2.19. The monoisotopic (exact) mass is 400 g/mol. The summed E-state index contributed by atoms with van der Waals surface area (Å²) in [5.74, 6) is -0.150. The van der Waals surface area contributed by atoms with E-state index in [0.717, 1.165) is 30.9 Å². The zero-order valence-electron chi connectivity index (χ0n) is 16.3. The highest BCUT2D eigenvalue weighted by Crippen LogP contribution is 2.33. The van der Waals surface area contributed by atoms with E-state index in [-0.39, 0.29) is 11.7 Å². The Hall–Kier alpha value is -3.67. The average Bonchev–Trinajstić information content (AvgIpc) is 3.37. The third kappa shape index (κ3) is 3.52. The molecule has 3 aromatic rings. The van der Waals surface area contributed by atoms with Crippen LogP contribution in [0.5, 0.6) is 0 Å². The van der Waals surface area contributed by atoms with Crippen molar-refractivity contribution in [2.75, 3.05) is 28.6 Å². The van der Waals surface area contributed by atoms with Gasteiger partial charge in [-0.2, -0.15) is 0 Å². The number of aromatic nitrogens is 1. The van der Waals surface area contributed by atoms with Gasteiger partial charge in [0.15, 0.2) is 0 Å². The van der Waals surface area contributed by atoms with Gasteiger partial charge in [-0.25, -0.2) is 4.39 Å². The first-order chi connectivity index (χ1) is 14.7. The Morgan fingerprint density at radius 3 is 2.80 bits per heavy atom. The van der Waals surface area contributed by atoms with Crippen molar-refractivity contribution in [2.45, 2.75) is 12.3 Å². The van der Waals surface area contributed by atoms with Crippen LogP contribution < -0.4 is 15.5 Å². The van der Waals surface area contributed by atoms with Crippen LogP contribution in [0, 0.1) is 5.82 Å². The summed E-state index contributed by atoms with van der Waals surface area (Å²) in [5, 5.41) is 5.87. The minimum absolute atomic E-state index is 0.239. The molecular weight excluding hydrogens is 379 g/mol. The number of hydrogen-bond acceptors (Lipinski definition) is 4. The van der Waals surface area contributed by atoms with Crippen LogP contribution >= 0.6 is 0 Å². The summed E-state index contributed by atoms with van der Waals surface area (Å²) in [6.45, 7) is 1.97. The Balaban J connectivity index is 1.26. The van der Waals surface area contributed by atoms with Crippen LogP contribution in [-0.4, -0.2) is 24.0 Å². The minimum Gasteiger partial charge on any atom is -0.371 e. The lowest BCUT2D eigenvalue weighted by Gasteiger charge is -2.19. The summed E-state index contributed by atoms with van der Waals surface area (Å²) in [7, 11) is 0. The molecule has 1 atom stereocenters. The summed E-state index contributed by atoms with van der Waals surface area (Å²) in [6, 6.07) is 18.6. The first-order valence-electron chi connectivity index (χ1n) is 10.0. The second kappa shape index (κ2) is 7.63. The number of carbonyl (C=O) groups is 1. The molecule has 1 fully saturated rings. The van der Waals surface area contributed by atoms with Gasteiger partial charge in [0, 0.05) is 54.0 Å². The highest BCUT2D eigenvalue weighted by Gasteiger charge is 2.25. The number of carbonyl (C=O) groups excluding carboxylic acids is 1. The number of amides is 1. The fourth-order valence-electron chi connectivity index (χ4n) is 4.09. The van der Waals surface area contributed by atoms with Gasteiger partial charge in [0.05, 0.1) is 11.3 Å². The maximum atomic E-state index is 13.4. The summed E-state index contributed by atoms with van der Waals surface area (Å²) >= 11 is 0. The molecule has 0 saturated carbocycles. The minimum atomic E-state index is -0.369. The molecule has 2 aliphatic rings. The van der Waals surface area contributed by atoms with Crippen molar-refractivity contribution in [3.05, 3.63) is 90.1 Å². The number of hydrogen-bond donors (Lipinski definition) is 2. The summed E-state index contributed by atoms with van der Waals surface area (Å²) in [6.07, 6.45) is 4.62. The van der Waals surface area contributed by atoms with E-state index < -0.39 is 0 Å². The lowest BCUT2D eigenvalue weighted by atomic mass is 10.0. The van der Waals surface area contributed by atoms with Gasteiger partial charge in [0.2, 0.25) is 0 Å². The van der Waals surface area contributed by atoms with E-state index in [1.54, 1.807) is 12.3 Å². The van der Waals surface area contributed by atoms with Crippen LogP contribution in [0.1, 0.15) is 23.6 Å². The molecule has 5 nitrogen and oxygen atoms in total. The molecule has 3 heterocycles. The van der Waals surface area contributed by atoms with E-state index in [1.165, 1.54) is 17.8 Å². The number of nitrogens with one attached hydrogen (secondary N) is 2. The first-order valence-corrected chi connectivity index (χ1v) is 10.0. The van der Waals surface area contributed by atoms with Crippen molar-refractivity contribution >= 4 is 28.5 Å². The summed E-state index contributed by atoms with van der Waals surface area (Å²) in [5.41, 5.74) is 4.90. The summed E-state index contributed by atoms with van der Waals surface area (Å²) in [4.78, 5) is 19.1. The van der Waals surface area contributed by atoms with Crippen LogP contribution in [0.2, 0.25) is 0 Å². The first kappa shape index (κ1) is 18.4. The number of nitrogens with zero attached hydrogens (tertiary/aromatic N) is 2. The SMILES string of the molecule is O=C1Nc2cc(F)ccc2C1=CNc1ccc(N2CCC(c3ccccn3)C2)cc1. The average molecular weight is 400 g/mol. The Bertz CT molecular complexity index is 1110. The smallest absolute Gasteiger partial charge is 0.257 e. The van der Waals surface area contributed by atoms with E-state index in [9.17, 15) is 9.18 Å². The standard InChI is InChI=1S/C24H21FN4O/c25-17-4-9-20-21(24(30)28-23(20)13-17)14-27-18-5-7-19(8-6-18)29-12-10-16(15-29)22-3-1-2-11-26-22/h1-9,11,13-14,16,27H,10,12,15H2,(H,28,30). The van der Waals surface area contributed by atoms with Gasteiger partial charge >= 0.3 is 0 Å². The van der Waals surface area contributed by atoms with E-state index >= 15 is 0 Å². The molecule has 0 radical (unpaired) electrons. The van der Waals surface area contributed by atoms with Crippen molar-refractivity contribution in [3.63, 3.8) is 0 Å². The van der Waals surface area contributed by atoms with Crippen LogP contribution in [-0.2, 0) is 4.79 Å². The molecule has 150 valence electrons. The number of pyridine rings is 1. The molecule has 2 aliphatic heterocycles. The third-order valence-electron chi connectivity index (χ3n) is 5.67. The van der Waals surface area contributed by atoms with Crippen molar-refractivity contribution in [2.24, 2.45) is 0 Å². The van der Waals surface area contributed by atoms with Crippen molar-refractivity contribution in [1.29, 1.82) is 0 Å². The highest BCUT2D eigenvalue weighted by molar-refractivity contribution is 6.31. The molecule has 2 aromatic carbocycles. The fourth-order valence-corrected chi connectivity index (χ4v) is 4.09. The van der Waals surface area contributed by atoms with Crippen molar-refractivity contribution in [1.82, 2.24) is 4.98 Å². The topological polar surface area (TPSA) is 57.3 Å². The maximum absolute atomic E-state index is 13.4. The number of benzene rings is 2. The van der Waals surface area contributed by atoms with Gasteiger partial charge in [-0.15, -0.1) is 0 Å². The number of fused-ring (bicyclic) bond motifs is 1. The zero-order chi connectivity index (χ0) is 20.5. The number of halogens is 1. The third-order valence-corrected chi connectivity index (χ3v) is 5.67. The van der Waals surface area contributed by atoms with Gasteiger partial charge in [0.25, 0.3) is 5.91 Å². The Morgan fingerprint density at radius 1 is 1.13 bits per heavy atom. The van der Waals surface area contributed by atoms with E-state index in [2.05, 4.69) is 38.7 Å². The molecule has 30 heavy (non-hydrogen) atoms. The van der Waals surface area contributed by atoms with Gasteiger partial charge in [-0.3, -0.25) is 9.78 Å². The normalized spacial score (nSPS) is 19.1. The fraction of sp³-hybridized carbons (Fsp3) is 0.167. The van der Waals surface area contributed by atoms with Gasteiger partial charge in [-0.1, -0.05) is 6.07 Å². The van der Waals surface area contributed by atoms with Crippen molar-refractivity contribution < 1.29 is 9.18 Å². The van der Waals surface area contributed by atoms with Crippen LogP contribution in [0.15, 0.2) is 73.1 Å². The maximum Gasteiger partial charge on any atom is 0.257 e.